The van der Waals surface area contributed by atoms with Crippen LogP contribution in [-0.2, 0) is 9.84 Å². The number of sulfone groups is 1. The first-order chi connectivity index (χ1) is 19.2. The number of benzene rings is 3. The Morgan fingerprint density at radius 3 is 2.45 bits per heavy atom. The molecular formula is C28H21ClN6O4S. The van der Waals surface area contributed by atoms with Crippen LogP contribution in [0.5, 0.6) is 0 Å². The normalized spacial score (nSPS) is 11.7. The number of aromatic nitrogens is 4. The van der Waals surface area contributed by atoms with Crippen LogP contribution in [0.3, 0.4) is 0 Å². The molecule has 0 spiro atoms. The number of nitrogens with zero attached hydrogens (tertiary/aromatic N) is 4. The summed E-state index contributed by atoms with van der Waals surface area (Å²) in [4.78, 5) is 17.0. The maximum atomic E-state index is 13.6. The van der Waals surface area contributed by atoms with Crippen molar-refractivity contribution in [3.63, 3.8) is 0 Å². The topological polar surface area (TPSA) is 131 Å². The number of amides is 1. The third-order valence-electron chi connectivity index (χ3n) is 6.47. The van der Waals surface area contributed by atoms with E-state index in [1.165, 1.54) is 10.8 Å². The van der Waals surface area contributed by atoms with Gasteiger partial charge in [0.2, 0.25) is 14.9 Å². The highest BCUT2D eigenvalue weighted by Crippen LogP contribution is 2.32. The Hall–Kier alpha value is -4.74. The summed E-state index contributed by atoms with van der Waals surface area (Å²) < 4.78 is 33.7. The van der Waals surface area contributed by atoms with Crippen LogP contribution in [0.25, 0.3) is 16.6 Å². The summed E-state index contributed by atoms with van der Waals surface area (Å²) in [5.74, 6) is 0.185. The Morgan fingerprint density at radius 1 is 0.950 bits per heavy atom. The Balaban J connectivity index is 1.40. The standard InChI is InChI=1S/C28H21ClN6O4S/c1-16-5-11-21(14-17(16)2)40(37,38)28-26-32-25(22-15-18(29)6-12-23(22)35(26)34-33-28)30-19-7-9-20(10-8-19)31-27(36)24-4-3-13-39-24/h3-15H,1-2H3,(H,30,32)(H,31,36). The van der Waals surface area contributed by atoms with E-state index >= 15 is 0 Å². The molecule has 0 saturated carbocycles. The SMILES string of the molecule is Cc1ccc(S(=O)(=O)c2nnn3c2nc(Nc2ccc(NC(=O)c4ccco4)cc2)c2cc(Cl)ccc23)cc1C. The zero-order valence-electron chi connectivity index (χ0n) is 21.2. The summed E-state index contributed by atoms with van der Waals surface area (Å²) in [6.07, 6.45) is 1.43. The van der Waals surface area contributed by atoms with E-state index in [9.17, 15) is 13.2 Å². The Bertz CT molecular complexity index is 2020. The first-order valence-corrected chi connectivity index (χ1v) is 14.0. The molecule has 10 nitrogen and oxygen atoms in total. The van der Waals surface area contributed by atoms with Crippen LogP contribution in [0.2, 0.25) is 5.02 Å². The molecule has 0 bridgehead atoms. The largest absolute Gasteiger partial charge is 0.459 e. The summed E-state index contributed by atoms with van der Waals surface area (Å²) >= 11 is 6.30. The highest BCUT2D eigenvalue weighted by Gasteiger charge is 2.27. The highest BCUT2D eigenvalue weighted by atomic mass is 35.5. The first kappa shape index (κ1) is 25.5. The lowest BCUT2D eigenvalue weighted by atomic mass is 10.1. The molecule has 3 heterocycles. The summed E-state index contributed by atoms with van der Waals surface area (Å²) in [6.45, 7) is 3.76. The molecule has 0 saturated heterocycles. The third-order valence-corrected chi connectivity index (χ3v) is 8.35. The van der Waals surface area contributed by atoms with Crippen molar-refractivity contribution in [1.82, 2.24) is 19.8 Å². The number of halogens is 1. The van der Waals surface area contributed by atoms with Crippen molar-refractivity contribution in [3.8, 4) is 0 Å². The van der Waals surface area contributed by atoms with E-state index in [2.05, 4.69) is 25.9 Å². The average molecular weight is 573 g/mol. The van der Waals surface area contributed by atoms with Crippen LogP contribution in [0.15, 0.2) is 93.4 Å². The number of furan rings is 1. The lowest BCUT2D eigenvalue weighted by Gasteiger charge is -2.12. The van der Waals surface area contributed by atoms with E-state index in [1.807, 2.05) is 13.8 Å². The van der Waals surface area contributed by atoms with Gasteiger partial charge in [0.1, 0.15) is 5.82 Å². The van der Waals surface area contributed by atoms with Gasteiger partial charge in [-0.05, 0) is 91.7 Å². The molecule has 0 aliphatic heterocycles. The zero-order valence-corrected chi connectivity index (χ0v) is 22.8. The summed E-state index contributed by atoms with van der Waals surface area (Å²) in [5, 5.41) is 15.0. The van der Waals surface area contributed by atoms with Crippen molar-refractivity contribution in [2.24, 2.45) is 0 Å². The molecule has 3 aromatic carbocycles. The van der Waals surface area contributed by atoms with Crippen molar-refractivity contribution in [1.29, 1.82) is 0 Å². The second-order valence-electron chi connectivity index (χ2n) is 9.14. The monoisotopic (exact) mass is 572 g/mol. The van der Waals surface area contributed by atoms with Gasteiger partial charge in [-0.3, -0.25) is 4.79 Å². The van der Waals surface area contributed by atoms with E-state index in [0.29, 0.717) is 33.1 Å². The number of hydrogen-bond acceptors (Lipinski definition) is 8. The van der Waals surface area contributed by atoms with E-state index in [4.69, 9.17) is 16.0 Å². The smallest absolute Gasteiger partial charge is 0.291 e. The minimum absolute atomic E-state index is 0.0675. The zero-order chi connectivity index (χ0) is 28.0. The van der Waals surface area contributed by atoms with Crippen molar-refractivity contribution in [2.45, 2.75) is 23.8 Å². The van der Waals surface area contributed by atoms with Gasteiger partial charge in [0.25, 0.3) is 5.91 Å². The molecule has 0 aliphatic rings. The molecule has 0 radical (unpaired) electrons. The second kappa shape index (κ2) is 9.78. The van der Waals surface area contributed by atoms with Crippen LogP contribution in [-0.4, -0.2) is 34.1 Å². The van der Waals surface area contributed by atoms with Gasteiger partial charge in [-0.15, -0.1) is 5.10 Å². The fourth-order valence-electron chi connectivity index (χ4n) is 4.21. The number of hydrogen-bond donors (Lipinski definition) is 2. The maximum Gasteiger partial charge on any atom is 0.291 e. The van der Waals surface area contributed by atoms with E-state index in [0.717, 1.165) is 11.1 Å². The second-order valence-corrected chi connectivity index (χ2v) is 11.4. The Morgan fingerprint density at radius 2 is 1.73 bits per heavy atom. The molecule has 200 valence electrons. The van der Waals surface area contributed by atoms with Crippen molar-refractivity contribution in [3.05, 3.63) is 101 Å². The fraction of sp³-hybridized carbons (Fsp3) is 0.0714. The number of anilines is 3. The van der Waals surface area contributed by atoms with Gasteiger partial charge in [-0.2, -0.15) is 4.52 Å². The lowest BCUT2D eigenvalue weighted by Crippen LogP contribution is -2.10. The average Bonchev–Trinajstić information content (AvgIpc) is 3.62. The van der Waals surface area contributed by atoms with Crippen LogP contribution >= 0.6 is 11.6 Å². The highest BCUT2D eigenvalue weighted by molar-refractivity contribution is 7.91. The molecule has 40 heavy (non-hydrogen) atoms. The van der Waals surface area contributed by atoms with Crippen LogP contribution in [0.4, 0.5) is 17.2 Å². The number of aryl methyl sites for hydroxylation is 2. The quantitative estimate of drug-likeness (QED) is 0.249. The van der Waals surface area contributed by atoms with Crippen molar-refractivity contribution in [2.75, 3.05) is 10.6 Å². The van der Waals surface area contributed by atoms with Gasteiger partial charge < -0.3 is 15.1 Å². The van der Waals surface area contributed by atoms with Gasteiger partial charge in [0.05, 0.1) is 16.7 Å². The summed E-state index contributed by atoms with van der Waals surface area (Å²) in [7, 11) is -4.02. The number of carbonyl (C=O) groups is 1. The van der Waals surface area contributed by atoms with Gasteiger partial charge in [-0.1, -0.05) is 22.9 Å². The van der Waals surface area contributed by atoms with E-state index in [1.54, 1.807) is 72.8 Å². The molecular weight excluding hydrogens is 552 g/mol. The van der Waals surface area contributed by atoms with Crippen LogP contribution in [0, 0.1) is 13.8 Å². The molecule has 2 N–H and O–H groups in total. The molecule has 3 aromatic heterocycles. The van der Waals surface area contributed by atoms with Gasteiger partial charge in [0.15, 0.2) is 11.4 Å². The van der Waals surface area contributed by atoms with Crippen LogP contribution < -0.4 is 10.6 Å². The van der Waals surface area contributed by atoms with Crippen LogP contribution in [0.1, 0.15) is 21.7 Å². The van der Waals surface area contributed by atoms with Crippen molar-refractivity contribution < 1.29 is 17.6 Å². The fourth-order valence-corrected chi connectivity index (χ4v) is 5.70. The van der Waals surface area contributed by atoms with Crippen molar-refractivity contribution >= 4 is 61.1 Å². The molecule has 0 aliphatic carbocycles. The predicted molar refractivity (Wildman–Crippen MR) is 151 cm³/mol. The van der Waals surface area contributed by atoms with Gasteiger partial charge in [0, 0.05) is 21.8 Å². The molecule has 0 unspecified atom stereocenters. The summed E-state index contributed by atoms with van der Waals surface area (Å²) in [5.41, 5.74) is 3.65. The molecule has 6 rings (SSSR count). The summed E-state index contributed by atoms with van der Waals surface area (Å²) in [6, 6.07) is 20.2. The first-order valence-electron chi connectivity index (χ1n) is 12.1. The Kier molecular flexibility index (Phi) is 6.24. The molecule has 6 aromatic rings. The predicted octanol–water partition coefficient (Wildman–Crippen LogP) is 5.97. The minimum atomic E-state index is -4.02. The van der Waals surface area contributed by atoms with E-state index in [-0.39, 0.29) is 27.2 Å². The number of rotatable bonds is 6. The number of carbonyl (C=O) groups excluding carboxylic acids is 1. The molecule has 12 heteroatoms. The van der Waals surface area contributed by atoms with Gasteiger partial charge >= 0.3 is 0 Å². The molecule has 0 fully saturated rings. The lowest BCUT2D eigenvalue weighted by molar-refractivity contribution is 0.0996. The number of nitrogens with one attached hydrogen (secondary N) is 2. The van der Waals surface area contributed by atoms with Gasteiger partial charge in [-0.25, -0.2) is 13.4 Å². The maximum absolute atomic E-state index is 13.6. The molecule has 1 amide bonds. The number of fused-ring (bicyclic) bond motifs is 3. The third kappa shape index (κ3) is 4.55. The minimum Gasteiger partial charge on any atom is -0.459 e. The molecule has 0 atom stereocenters. The van der Waals surface area contributed by atoms with E-state index < -0.39 is 9.84 Å². The Labute approximate surface area is 233 Å².